The zero-order chi connectivity index (χ0) is 21.8. The van der Waals surface area contributed by atoms with Crippen LogP contribution in [-0.4, -0.2) is 38.1 Å². The predicted octanol–water partition coefficient (Wildman–Crippen LogP) is 4.84. The maximum absolute atomic E-state index is 13.5. The van der Waals surface area contributed by atoms with Gasteiger partial charge in [-0.15, -0.1) is 0 Å². The van der Waals surface area contributed by atoms with Crippen molar-refractivity contribution in [3.8, 4) is 11.8 Å². The number of methoxy groups -OCH3 is 1. The number of nitrogens with zero attached hydrogens (tertiary/aromatic N) is 2. The van der Waals surface area contributed by atoms with E-state index >= 15 is 0 Å². The van der Waals surface area contributed by atoms with E-state index in [0.29, 0.717) is 34.3 Å². The van der Waals surface area contributed by atoms with Crippen LogP contribution >= 0.6 is 23.2 Å². The molecule has 0 aliphatic rings. The summed E-state index contributed by atoms with van der Waals surface area (Å²) >= 11 is 12.2. The van der Waals surface area contributed by atoms with Crippen molar-refractivity contribution in [2.24, 2.45) is 5.73 Å². The van der Waals surface area contributed by atoms with Gasteiger partial charge in [-0.1, -0.05) is 53.5 Å². The maximum atomic E-state index is 13.5. The van der Waals surface area contributed by atoms with E-state index < -0.39 is 0 Å². The van der Waals surface area contributed by atoms with Crippen LogP contribution in [0.2, 0.25) is 10.0 Å². The number of carbonyl (C=O) groups excluding carboxylic acids is 1. The molecule has 0 heterocycles. The van der Waals surface area contributed by atoms with Crippen LogP contribution in [0.1, 0.15) is 27.4 Å². The van der Waals surface area contributed by atoms with Crippen molar-refractivity contribution in [3.05, 3.63) is 75.3 Å². The van der Waals surface area contributed by atoms with Crippen LogP contribution in [0.5, 0.6) is 5.75 Å². The minimum Gasteiger partial charge on any atom is -0.495 e. The molecule has 2 N–H and O–H groups in total. The van der Waals surface area contributed by atoms with Gasteiger partial charge in [-0.05, 0) is 34.5 Å². The summed E-state index contributed by atoms with van der Waals surface area (Å²) in [4.78, 5) is 15.0. The highest BCUT2D eigenvalue weighted by Crippen LogP contribution is 2.33. The second-order valence-electron chi connectivity index (χ2n) is 6.96. The van der Waals surface area contributed by atoms with Gasteiger partial charge in [-0.3, -0.25) is 4.79 Å². The Bertz CT molecular complexity index is 1140. The van der Waals surface area contributed by atoms with E-state index in [1.807, 2.05) is 30.3 Å². The molecule has 0 saturated carbocycles. The second kappa shape index (κ2) is 9.36. The van der Waals surface area contributed by atoms with Crippen LogP contribution in [0.3, 0.4) is 0 Å². The maximum Gasteiger partial charge on any atom is 0.258 e. The average molecular weight is 442 g/mol. The standard InChI is InChI=1S/C23H21Cl2N3O2/c1-28(13-17(12-27)14-7-8-19(24)20(25)10-14)23(29)21-18-6-4-3-5-15(18)9-16(11-26)22(21)30-2/h3-10,17H,12-13,27H2,1-2H3/t17-/m1/s1. The number of nitrogens with two attached hydrogens (primary N) is 1. The first-order chi connectivity index (χ1) is 14.4. The van der Waals surface area contributed by atoms with Crippen molar-refractivity contribution in [2.75, 3.05) is 27.2 Å². The third-order valence-electron chi connectivity index (χ3n) is 5.08. The van der Waals surface area contributed by atoms with Crippen molar-refractivity contribution >= 4 is 39.9 Å². The molecule has 0 aliphatic heterocycles. The highest BCUT2D eigenvalue weighted by atomic mass is 35.5. The Morgan fingerprint density at radius 1 is 1.20 bits per heavy atom. The first kappa shape index (κ1) is 21.9. The number of halogens is 2. The topological polar surface area (TPSA) is 79.3 Å². The molecule has 0 saturated heterocycles. The SMILES string of the molecule is COc1c(C#N)cc2ccccc2c1C(=O)N(C)C[C@@H](CN)c1ccc(Cl)c(Cl)c1. The van der Waals surface area contributed by atoms with Gasteiger partial charge in [0.2, 0.25) is 0 Å². The van der Waals surface area contributed by atoms with Gasteiger partial charge < -0.3 is 15.4 Å². The van der Waals surface area contributed by atoms with Crippen LogP contribution in [0.4, 0.5) is 0 Å². The van der Waals surface area contributed by atoms with Crippen molar-refractivity contribution in [2.45, 2.75) is 5.92 Å². The van der Waals surface area contributed by atoms with Gasteiger partial charge in [0.25, 0.3) is 5.91 Å². The highest BCUT2D eigenvalue weighted by molar-refractivity contribution is 6.42. The predicted molar refractivity (Wildman–Crippen MR) is 120 cm³/mol. The molecular weight excluding hydrogens is 421 g/mol. The molecule has 0 aromatic heterocycles. The lowest BCUT2D eigenvalue weighted by molar-refractivity contribution is 0.0786. The molecule has 0 spiro atoms. The quantitative estimate of drug-likeness (QED) is 0.593. The molecule has 1 amide bonds. The molecule has 0 fully saturated rings. The Kier molecular flexibility index (Phi) is 6.84. The van der Waals surface area contributed by atoms with Crippen LogP contribution < -0.4 is 10.5 Å². The molecule has 154 valence electrons. The molecular formula is C23H21Cl2N3O2. The van der Waals surface area contributed by atoms with Crippen LogP contribution in [0.25, 0.3) is 10.8 Å². The number of hydrogen-bond acceptors (Lipinski definition) is 4. The molecule has 3 aromatic carbocycles. The molecule has 30 heavy (non-hydrogen) atoms. The fourth-order valence-electron chi connectivity index (χ4n) is 3.52. The van der Waals surface area contributed by atoms with Gasteiger partial charge in [-0.2, -0.15) is 5.26 Å². The minimum absolute atomic E-state index is 0.134. The molecule has 3 aromatic rings. The Morgan fingerprint density at radius 3 is 2.57 bits per heavy atom. The van der Waals surface area contributed by atoms with Crippen molar-refractivity contribution in [1.29, 1.82) is 5.26 Å². The zero-order valence-electron chi connectivity index (χ0n) is 16.7. The first-order valence-electron chi connectivity index (χ1n) is 9.31. The summed E-state index contributed by atoms with van der Waals surface area (Å²) in [5.74, 6) is -0.115. The zero-order valence-corrected chi connectivity index (χ0v) is 18.2. The number of rotatable bonds is 6. The molecule has 0 unspecified atom stereocenters. The fraction of sp³-hybridized carbons (Fsp3) is 0.217. The summed E-state index contributed by atoms with van der Waals surface area (Å²) in [5, 5.41) is 12.0. The molecule has 5 nitrogen and oxygen atoms in total. The summed E-state index contributed by atoms with van der Waals surface area (Å²) in [6.07, 6.45) is 0. The van der Waals surface area contributed by atoms with Crippen LogP contribution in [0, 0.1) is 11.3 Å². The second-order valence-corrected chi connectivity index (χ2v) is 7.77. The van der Waals surface area contributed by atoms with Gasteiger partial charge in [0.15, 0.2) is 0 Å². The number of fused-ring (bicyclic) bond motifs is 1. The van der Waals surface area contributed by atoms with Gasteiger partial charge in [0.05, 0.1) is 28.3 Å². The van der Waals surface area contributed by atoms with E-state index in [1.165, 1.54) is 7.11 Å². The molecule has 0 aliphatic carbocycles. The van der Waals surface area contributed by atoms with E-state index in [-0.39, 0.29) is 17.6 Å². The third-order valence-corrected chi connectivity index (χ3v) is 5.82. The molecule has 0 bridgehead atoms. The van der Waals surface area contributed by atoms with E-state index in [2.05, 4.69) is 6.07 Å². The molecule has 1 atom stereocenters. The molecule has 7 heteroatoms. The number of amides is 1. The Hall–Kier alpha value is -2.78. The summed E-state index contributed by atoms with van der Waals surface area (Å²) in [6, 6.07) is 16.6. The monoisotopic (exact) mass is 441 g/mol. The van der Waals surface area contributed by atoms with Gasteiger partial charge in [0, 0.05) is 26.1 Å². The average Bonchev–Trinajstić information content (AvgIpc) is 2.77. The van der Waals surface area contributed by atoms with E-state index in [1.54, 1.807) is 30.1 Å². The Labute approximate surface area is 185 Å². The summed E-state index contributed by atoms with van der Waals surface area (Å²) in [6.45, 7) is 0.688. The number of nitriles is 1. The molecule has 0 radical (unpaired) electrons. The van der Waals surface area contributed by atoms with Crippen molar-refractivity contribution in [3.63, 3.8) is 0 Å². The van der Waals surface area contributed by atoms with Gasteiger partial charge in [-0.25, -0.2) is 0 Å². The normalized spacial score (nSPS) is 11.7. The lowest BCUT2D eigenvalue weighted by Crippen LogP contribution is -2.34. The number of carbonyl (C=O) groups is 1. The number of ether oxygens (including phenoxy) is 1. The van der Waals surface area contributed by atoms with E-state index in [9.17, 15) is 10.1 Å². The number of benzene rings is 3. The van der Waals surface area contributed by atoms with Gasteiger partial charge in [0.1, 0.15) is 11.8 Å². The lowest BCUT2D eigenvalue weighted by Gasteiger charge is -2.25. The van der Waals surface area contributed by atoms with Crippen molar-refractivity contribution < 1.29 is 9.53 Å². The van der Waals surface area contributed by atoms with E-state index in [0.717, 1.165) is 16.3 Å². The summed E-state index contributed by atoms with van der Waals surface area (Å²) < 4.78 is 5.46. The smallest absolute Gasteiger partial charge is 0.258 e. The van der Waals surface area contributed by atoms with Gasteiger partial charge >= 0.3 is 0 Å². The minimum atomic E-state index is -0.251. The highest BCUT2D eigenvalue weighted by Gasteiger charge is 2.25. The third kappa shape index (κ3) is 4.22. The number of likely N-dealkylation sites (N-methyl/N-ethyl adjacent to an activating group) is 1. The summed E-state index contributed by atoms with van der Waals surface area (Å²) in [5.41, 5.74) is 7.56. The Morgan fingerprint density at radius 2 is 1.93 bits per heavy atom. The first-order valence-corrected chi connectivity index (χ1v) is 10.1. The lowest BCUT2D eigenvalue weighted by atomic mass is 9.96. The molecule has 3 rings (SSSR count). The fourth-order valence-corrected chi connectivity index (χ4v) is 3.83. The van der Waals surface area contributed by atoms with Crippen LogP contribution in [0.15, 0.2) is 48.5 Å². The number of hydrogen-bond donors (Lipinski definition) is 1. The van der Waals surface area contributed by atoms with E-state index in [4.69, 9.17) is 33.7 Å². The van der Waals surface area contributed by atoms with Crippen molar-refractivity contribution in [1.82, 2.24) is 4.90 Å². The largest absolute Gasteiger partial charge is 0.495 e. The summed E-state index contributed by atoms with van der Waals surface area (Å²) in [7, 11) is 3.16. The Balaban J connectivity index is 2.00. The van der Waals surface area contributed by atoms with Crippen LogP contribution in [-0.2, 0) is 0 Å².